The highest BCUT2D eigenvalue weighted by molar-refractivity contribution is 6.06. The van der Waals surface area contributed by atoms with Crippen LogP contribution >= 0.6 is 0 Å². The van der Waals surface area contributed by atoms with Gasteiger partial charge in [0.05, 0.1) is 17.1 Å². The van der Waals surface area contributed by atoms with Crippen molar-refractivity contribution in [3.63, 3.8) is 0 Å². The molecule has 0 heterocycles. The van der Waals surface area contributed by atoms with Crippen LogP contribution in [-0.4, -0.2) is 23.4 Å². The number of benzene rings is 2. The highest BCUT2D eigenvalue weighted by atomic mass is 16.6. The van der Waals surface area contributed by atoms with Gasteiger partial charge in [-0.05, 0) is 50.1 Å². The fourth-order valence-electron chi connectivity index (χ4n) is 2.43. The Morgan fingerprint density at radius 2 is 1.64 bits per heavy atom. The minimum atomic E-state index is -0.716. The Morgan fingerprint density at radius 3 is 2.20 bits per heavy atom. The molecule has 0 spiro atoms. The van der Waals surface area contributed by atoms with E-state index in [1.807, 2.05) is 19.9 Å². The summed E-state index contributed by atoms with van der Waals surface area (Å²) in [6, 6.07) is 9.03. The number of anilines is 1. The number of non-ortho nitro benzene ring substituents is 1. The Bertz CT molecular complexity index is 825. The molecule has 0 saturated carbocycles. The molecule has 7 heteroatoms. The highest BCUT2D eigenvalue weighted by Crippen LogP contribution is 2.20. The van der Waals surface area contributed by atoms with Gasteiger partial charge in [0.15, 0.2) is 0 Å². The molecule has 0 aliphatic heterocycles. The summed E-state index contributed by atoms with van der Waals surface area (Å²) in [4.78, 5) is 34.7. The van der Waals surface area contributed by atoms with E-state index in [0.29, 0.717) is 5.69 Å². The van der Waals surface area contributed by atoms with Gasteiger partial charge >= 0.3 is 5.97 Å². The zero-order valence-corrected chi connectivity index (χ0v) is 14.2. The van der Waals surface area contributed by atoms with Gasteiger partial charge in [-0.1, -0.05) is 6.07 Å². The van der Waals surface area contributed by atoms with Crippen LogP contribution < -0.4 is 5.32 Å². The first-order valence-corrected chi connectivity index (χ1v) is 7.66. The molecule has 25 heavy (non-hydrogen) atoms. The number of nitro benzene ring substituents is 1. The van der Waals surface area contributed by atoms with Crippen molar-refractivity contribution in [2.45, 2.75) is 20.8 Å². The van der Waals surface area contributed by atoms with E-state index in [-0.39, 0.29) is 23.4 Å². The van der Waals surface area contributed by atoms with Crippen LogP contribution in [0.25, 0.3) is 0 Å². The van der Waals surface area contributed by atoms with Crippen molar-refractivity contribution in [3.05, 3.63) is 68.8 Å². The molecule has 0 radical (unpaired) electrons. The first kappa shape index (κ1) is 18.1. The van der Waals surface area contributed by atoms with Crippen molar-refractivity contribution >= 4 is 23.3 Å². The molecule has 0 atom stereocenters. The number of carbonyl (C=O) groups excluding carboxylic acids is 2. The maximum atomic E-state index is 12.5. The van der Waals surface area contributed by atoms with Crippen LogP contribution in [0.15, 0.2) is 36.4 Å². The predicted molar refractivity (Wildman–Crippen MR) is 92.9 cm³/mol. The summed E-state index contributed by atoms with van der Waals surface area (Å²) >= 11 is 0. The second-order valence-electron chi connectivity index (χ2n) is 5.58. The fourth-order valence-corrected chi connectivity index (χ4v) is 2.43. The number of hydrogen-bond acceptors (Lipinski definition) is 5. The Hall–Kier alpha value is -3.22. The molecule has 1 N–H and O–H groups in total. The molecular formula is C18H18N2O5. The van der Waals surface area contributed by atoms with E-state index >= 15 is 0 Å². The lowest BCUT2D eigenvalue weighted by molar-refractivity contribution is -0.384. The number of hydrogen-bond donors (Lipinski definition) is 1. The quantitative estimate of drug-likeness (QED) is 0.508. The molecule has 7 nitrogen and oxygen atoms in total. The van der Waals surface area contributed by atoms with E-state index in [1.54, 1.807) is 19.1 Å². The Morgan fingerprint density at radius 1 is 1.04 bits per heavy atom. The van der Waals surface area contributed by atoms with Crippen molar-refractivity contribution in [1.29, 1.82) is 0 Å². The number of nitrogens with one attached hydrogen (secondary N) is 1. The topological polar surface area (TPSA) is 98.5 Å². The van der Waals surface area contributed by atoms with Crippen LogP contribution in [0, 0.1) is 24.0 Å². The number of ether oxygens (including phenoxy) is 1. The van der Waals surface area contributed by atoms with E-state index < -0.39 is 16.8 Å². The van der Waals surface area contributed by atoms with Crippen LogP contribution in [0.4, 0.5) is 11.4 Å². The third-order valence-electron chi connectivity index (χ3n) is 3.38. The molecule has 0 bridgehead atoms. The lowest BCUT2D eigenvalue weighted by Crippen LogP contribution is -2.14. The number of nitro groups is 1. The largest absolute Gasteiger partial charge is 0.462 e. The summed E-state index contributed by atoms with van der Waals surface area (Å²) in [6.07, 6.45) is 0. The smallest absolute Gasteiger partial charge is 0.338 e. The van der Waals surface area contributed by atoms with Gasteiger partial charge in [-0.15, -0.1) is 0 Å². The summed E-state index contributed by atoms with van der Waals surface area (Å²) in [7, 11) is 0. The van der Waals surface area contributed by atoms with Gasteiger partial charge in [-0.3, -0.25) is 14.9 Å². The third-order valence-corrected chi connectivity index (χ3v) is 3.38. The average Bonchev–Trinajstić information content (AvgIpc) is 2.53. The first-order valence-electron chi connectivity index (χ1n) is 7.66. The second-order valence-corrected chi connectivity index (χ2v) is 5.58. The molecule has 130 valence electrons. The second kappa shape index (κ2) is 7.57. The molecule has 2 aromatic rings. The van der Waals surface area contributed by atoms with E-state index in [4.69, 9.17) is 4.74 Å². The van der Waals surface area contributed by atoms with Crippen molar-refractivity contribution in [2.24, 2.45) is 0 Å². The molecular weight excluding hydrogens is 324 g/mol. The van der Waals surface area contributed by atoms with Gasteiger partial charge in [0.1, 0.15) is 0 Å². The normalized spacial score (nSPS) is 10.2. The van der Waals surface area contributed by atoms with Crippen LogP contribution in [0.1, 0.15) is 38.8 Å². The van der Waals surface area contributed by atoms with Crippen molar-refractivity contribution in [2.75, 3.05) is 11.9 Å². The Balaban J connectivity index is 2.37. The molecule has 2 aromatic carbocycles. The van der Waals surface area contributed by atoms with Crippen molar-refractivity contribution in [3.8, 4) is 0 Å². The van der Waals surface area contributed by atoms with Crippen LogP contribution in [0.2, 0.25) is 0 Å². The molecule has 0 unspecified atom stereocenters. The van der Waals surface area contributed by atoms with Crippen LogP contribution in [0.5, 0.6) is 0 Å². The highest BCUT2D eigenvalue weighted by Gasteiger charge is 2.19. The molecule has 0 aliphatic carbocycles. The molecule has 2 rings (SSSR count). The first-order chi connectivity index (χ1) is 11.8. The third kappa shape index (κ3) is 4.63. The molecule has 1 amide bonds. The lowest BCUT2D eigenvalue weighted by atomic mass is 10.1. The average molecular weight is 342 g/mol. The van der Waals surface area contributed by atoms with Crippen LogP contribution in [-0.2, 0) is 4.74 Å². The van der Waals surface area contributed by atoms with Gasteiger partial charge in [0.25, 0.3) is 11.6 Å². The summed E-state index contributed by atoms with van der Waals surface area (Å²) in [6.45, 7) is 5.55. The maximum absolute atomic E-state index is 12.5. The summed E-state index contributed by atoms with van der Waals surface area (Å²) in [5.74, 6) is -1.26. The van der Waals surface area contributed by atoms with E-state index in [2.05, 4.69) is 5.32 Å². The number of esters is 1. The van der Waals surface area contributed by atoms with Gasteiger partial charge < -0.3 is 10.1 Å². The predicted octanol–water partition coefficient (Wildman–Crippen LogP) is 3.64. The minimum absolute atomic E-state index is 0.0106. The Labute approximate surface area is 144 Å². The van der Waals surface area contributed by atoms with Crippen molar-refractivity contribution in [1.82, 2.24) is 0 Å². The molecule has 0 aromatic heterocycles. The van der Waals surface area contributed by atoms with E-state index in [1.165, 1.54) is 6.07 Å². The molecule has 0 fully saturated rings. The zero-order valence-electron chi connectivity index (χ0n) is 14.2. The zero-order chi connectivity index (χ0) is 18.6. The summed E-state index contributed by atoms with van der Waals surface area (Å²) in [5, 5.41) is 13.8. The van der Waals surface area contributed by atoms with Crippen LogP contribution in [0.3, 0.4) is 0 Å². The summed E-state index contributed by atoms with van der Waals surface area (Å²) < 4.78 is 4.85. The minimum Gasteiger partial charge on any atom is -0.462 e. The fraction of sp³-hybridized carbons (Fsp3) is 0.222. The van der Waals surface area contributed by atoms with Gasteiger partial charge in [0.2, 0.25) is 0 Å². The van der Waals surface area contributed by atoms with Gasteiger partial charge in [-0.25, -0.2) is 4.79 Å². The molecule has 0 aliphatic rings. The SMILES string of the molecule is CCOC(=O)c1cc(C(=O)Nc2cc(C)cc(C)c2)cc([N+](=O)[O-])c1. The Kier molecular flexibility index (Phi) is 5.49. The van der Waals surface area contributed by atoms with Gasteiger partial charge in [0, 0.05) is 23.4 Å². The molecule has 0 saturated heterocycles. The summed E-state index contributed by atoms with van der Waals surface area (Å²) in [5.41, 5.74) is 2.14. The van der Waals surface area contributed by atoms with E-state index in [9.17, 15) is 19.7 Å². The number of carbonyl (C=O) groups is 2. The lowest BCUT2D eigenvalue weighted by Gasteiger charge is -2.09. The maximum Gasteiger partial charge on any atom is 0.338 e. The van der Waals surface area contributed by atoms with E-state index in [0.717, 1.165) is 23.3 Å². The van der Waals surface area contributed by atoms with Crippen molar-refractivity contribution < 1.29 is 19.2 Å². The number of nitrogens with zero attached hydrogens (tertiary/aromatic N) is 1. The number of aryl methyl sites for hydroxylation is 2. The number of rotatable bonds is 5. The number of amides is 1. The monoisotopic (exact) mass is 342 g/mol. The standard InChI is InChI=1S/C18H18N2O5/c1-4-25-18(22)14-8-13(9-16(10-14)20(23)24)17(21)19-15-6-11(2)5-12(3)7-15/h5-10H,4H2,1-3H3,(H,19,21). The van der Waals surface area contributed by atoms with Gasteiger partial charge in [-0.2, -0.15) is 0 Å².